The maximum absolute atomic E-state index is 14.7. The van der Waals surface area contributed by atoms with Crippen molar-refractivity contribution in [3.63, 3.8) is 0 Å². The molecular formula is C26H23F3. The smallest absolute Gasteiger partial charge is 0.169 e. The minimum atomic E-state index is -4.44. The van der Waals surface area contributed by atoms with Gasteiger partial charge < -0.3 is 0 Å². The average Bonchev–Trinajstić information content (AvgIpc) is 3.40. The van der Waals surface area contributed by atoms with Crippen LogP contribution in [0.5, 0.6) is 0 Å². The second kappa shape index (κ2) is 6.62. The Kier molecular flexibility index (Phi) is 4.45. The van der Waals surface area contributed by atoms with Crippen LogP contribution in [0.3, 0.4) is 0 Å². The lowest BCUT2D eigenvalue weighted by atomic mass is 9.81. The predicted molar refractivity (Wildman–Crippen MR) is 113 cm³/mol. The molecule has 3 heteroatoms. The average molecular weight is 392 g/mol. The van der Waals surface area contributed by atoms with E-state index in [0.29, 0.717) is 22.3 Å². The summed E-state index contributed by atoms with van der Waals surface area (Å²) in [5.74, 6) is 0. The molecule has 0 radical (unpaired) electrons. The zero-order chi connectivity index (χ0) is 20.9. The molecule has 1 aliphatic rings. The molecule has 0 bridgehead atoms. The van der Waals surface area contributed by atoms with Gasteiger partial charge in [-0.3, -0.25) is 0 Å². The Labute approximate surface area is 169 Å². The summed E-state index contributed by atoms with van der Waals surface area (Å²) < 4.78 is 44.2. The monoisotopic (exact) mass is 392 g/mol. The van der Waals surface area contributed by atoms with Crippen LogP contribution in [-0.4, -0.2) is 6.18 Å². The van der Waals surface area contributed by atoms with Gasteiger partial charge >= 0.3 is 6.18 Å². The first-order chi connectivity index (χ1) is 13.7. The zero-order valence-corrected chi connectivity index (χ0v) is 16.7. The molecule has 0 atom stereocenters. The lowest BCUT2D eigenvalue weighted by Crippen LogP contribution is -2.33. The first-order valence-electron chi connectivity index (χ1n) is 9.71. The van der Waals surface area contributed by atoms with E-state index in [9.17, 15) is 13.2 Å². The lowest BCUT2D eigenvalue weighted by Gasteiger charge is -2.26. The molecule has 0 spiro atoms. The minimum Gasteiger partial charge on any atom is -0.169 e. The third-order valence-electron chi connectivity index (χ3n) is 5.67. The van der Waals surface area contributed by atoms with Gasteiger partial charge in [0.2, 0.25) is 0 Å². The first kappa shape index (κ1) is 19.5. The van der Waals surface area contributed by atoms with Crippen molar-refractivity contribution in [3.8, 4) is 0 Å². The second-order valence-electron chi connectivity index (χ2n) is 8.56. The van der Waals surface area contributed by atoms with Gasteiger partial charge in [0.1, 0.15) is 5.41 Å². The Balaban J connectivity index is 1.93. The molecule has 0 aromatic heterocycles. The summed E-state index contributed by atoms with van der Waals surface area (Å²) in [5, 5.41) is 0. The van der Waals surface area contributed by atoms with Crippen LogP contribution < -0.4 is 0 Å². The molecular weight excluding hydrogens is 369 g/mol. The van der Waals surface area contributed by atoms with Crippen molar-refractivity contribution in [3.05, 3.63) is 107 Å². The van der Waals surface area contributed by atoms with Crippen molar-refractivity contribution < 1.29 is 13.2 Å². The number of halogens is 3. The number of hydrogen-bond acceptors (Lipinski definition) is 0. The molecule has 0 amide bonds. The maximum Gasteiger partial charge on any atom is 0.406 e. The van der Waals surface area contributed by atoms with E-state index in [0.717, 1.165) is 5.56 Å². The molecule has 4 rings (SSSR count). The van der Waals surface area contributed by atoms with Crippen LogP contribution in [0.15, 0.2) is 84.9 Å². The number of benzene rings is 3. The van der Waals surface area contributed by atoms with Gasteiger partial charge in [0.15, 0.2) is 0 Å². The van der Waals surface area contributed by atoms with E-state index in [1.165, 1.54) is 0 Å². The van der Waals surface area contributed by atoms with E-state index < -0.39 is 11.6 Å². The van der Waals surface area contributed by atoms with Gasteiger partial charge in [0.05, 0.1) is 0 Å². The number of hydrogen-bond donors (Lipinski definition) is 0. The van der Waals surface area contributed by atoms with E-state index in [-0.39, 0.29) is 11.0 Å². The van der Waals surface area contributed by atoms with E-state index in [1.54, 1.807) is 60.7 Å². The van der Waals surface area contributed by atoms with E-state index >= 15 is 0 Å². The molecule has 0 fully saturated rings. The van der Waals surface area contributed by atoms with Gasteiger partial charge in [-0.15, -0.1) is 0 Å². The Hall–Kier alpha value is -2.81. The van der Waals surface area contributed by atoms with Crippen LogP contribution in [0.2, 0.25) is 0 Å². The molecule has 0 unspecified atom stereocenters. The van der Waals surface area contributed by atoms with Crippen molar-refractivity contribution in [2.24, 2.45) is 0 Å². The van der Waals surface area contributed by atoms with Crippen molar-refractivity contribution in [2.75, 3.05) is 0 Å². The number of allylic oxidation sites excluding steroid dienone is 2. The normalized spacial score (nSPS) is 16.1. The Bertz CT molecular complexity index is 986. The van der Waals surface area contributed by atoms with Gasteiger partial charge in [-0.05, 0) is 38.8 Å². The summed E-state index contributed by atoms with van der Waals surface area (Å²) in [6.45, 7) is 6.17. The van der Waals surface area contributed by atoms with Crippen molar-refractivity contribution in [1.29, 1.82) is 0 Å². The van der Waals surface area contributed by atoms with Crippen LogP contribution in [0, 0.1) is 0 Å². The molecule has 3 aromatic carbocycles. The van der Waals surface area contributed by atoms with Crippen LogP contribution in [0.4, 0.5) is 13.2 Å². The Morgan fingerprint density at radius 2 is 1.00 bits per heavy atom. The maximum atomic E-state index is 14.7. The summed E-state index contributed by atoms with van der Waals surface area (Å²) in [6.07, 6.45) is -4.44. The van der Waals surface area contributed by atoms with Crippen molar-refractivity contribution in [1.82, 2.24) is 0 Å². The summed E-state index contributed by atoms with van der Waals surface area (Å²) >= 11 is 0. The van der Waals surface area contributed by atoms with Crippen LogP contribution >= 0.6 is 0 Å². The fraction of sp³-hybridized carbons (Fsp3) is 0.231. The molecule has 0 saturated heterocycles. The summed E-state index contributed by atoms with van der Waals surface area (Å²) in [4.78, 5) is 0. The highest BCUT2D eigenvalue weighted by Gasteiger charge is 2.71. The summed E-state index contributed by atoms with van der Waals surface area (Å²) in [6, 6.07) is 24.8. The van der Waals surface area contributed by atoms with Gasteiger partial charge in [-0.1, -0.05) is 106 Å². The van der Waals surface area contributed by atoms with Gasteiger partial charge in [0, 0.05) is 0 Å². The van der Waals surface area contributed by atoms with Gasteiger partial charge in [-0.25, -0.2) is 0 Å². The SMILES string of the molecule is CC(C)(C)c1ccc(C2(C(F)(F)F)C(c3ccccc3)=C2c2ccccc2)cc1. The quantitative estimate of drug-likeness (QED) is 0.435. The van der Waals surface area contributed by atoms with E-state index in [4.69, 9.17) is 0 Å². The number of rotatable bonds is 3. The minimum absolute atomic E-state index is 0.120. The Morgan fingerprint density at radius 1 is 0.586 bits per heavy atom. The highest BCUT2D eigenvalue weighted by molar-refractivity contribution is 6.20. The molecule has 1 aliphatic carbocycles. The molecule has 0 heterocycles. The van der Waals surface area contributed by atoms with E-state index in [2.05, 4.69) is 20.8 Å². The van der Waals surface area contributed by atoms with Crippen molar-refractivity contribution >= 4 is 11.1 Å². The second-order valence-corrected chi connectivity index (χ2v) is 8.56. The zero-order valence-electron chi connectivity index (χ0n) is 16.7. The lowest BCUT2D eigenvalue weighted by molar-refractivity contribution is -0.149. The highest BCUT2D eigenvalue weighted by atomic mass is 19.4. The molecule has 29 heavy (non-hydrogen) atoms. The summed E-state index contributed by atoms with van der Waals surface area (Å²) in [5.41, 5.74) is 1.02. The fourth-order valence-corrected chi connectivity index (χ4v) is 4.17. The topological polar surface area (TPSA) is 0 Å². The third kappa shape index (κ3) is 3.09. The van der Waals surface area contributed by atoms with Crippen LogP contribution in [0.25, 0.3) is 11.1 Å². The van der Waals surface area contributed by atoms with Crippen LogP contribution in [0.1, 0.15) is 43.0 Å². The Morgan fingerprint density at radius 3 is 1.34 bits per heavy atom. The fourth-order valence-electron chi connectivity index (χ4n) is 4.17. The summed E-state index contributed by atoms with van der Waals surface area (Å²) in [7, 11) is 0. The molecule has 0 N–H and O–H groups in total. The standard InChI is InChI=1S/C26H23F3/c1-24(2,3)20-14-16-21(17-15-20)25(26(27,28)29)22(18-10-6-4-7-11-18)23(25)19-12-8-5-9-13-19/h4-17H,1-3H3. The van der Waals surface area contributed by atoms with Crippen LogP contribution in [-0.2, 0) is 10.8 Å². The molecule has 0 nitrogen and oxygen atoms in total. The molecule has 148 valence electrons. The molecule has 0 aliphatic heterocycles. The molecule has 3 aromatic rings. The van der Waals surface area contributed by atoms with Gasteiger partial charge in [-0.2, -0.15) is 13.2 Å². The van der Waals surface area contributed by atoms with Crippen molar-refractivity contribution in [2.45, 2.75) is 37.8 Å². The van der Waals surface area contributed by atoms with Gasteiger partial charge in [0.25, 0.3) is 0 Å². The largest absolute Gasteiger partial charge is 0.406 e. The number of alkyl halides is 3. The molecule has 0 saturated carbocycles. The highest BCUT2D eigenvalue weighted by Crippen LogP contribution is 2.71. The van der Waals surface area contributed by atoms with E-state index in [1.807, 2.05) is 24.3 Å². The first-order valence-corrected chi connectivity index (χ1v) is 9.71. The third-order valence-corrected chi connectivity index (χ3v) is 5.67. The predicted octanol–water partition coefficient (Wildman–Crippen LogP) is 7.41.